The molecule has 0 saturated heterocycles. The number of rotatable bonds is 2. The van der Waals surface area contributed by atoms with Crippen LogP contribution in [0.4, 0.5) is 0 Å². The van der Waals surface area contributed by atoms with Crippen molar-refractivity contribution >= 4 is 32.6 Å². The second-order valence-corrected chi connectivity index (χ2v) is 7.32. The second-order valence-electron chi connectivity index (χ2n) is 7.32. The van der Waals surface area contributed by atoms with Crippen molar-refractivity contribution in [1.82, 2.24) is 14.5 Å². The normalized spacial score (nSPS) is 11.6. The zero-order valence-corrected chi connectivity index (χ0v) is 16.4. The van der Waals surface area contributed by atoms with Gasteiger partial charge >= 0.3 is 0 Å². The van der Waals surface area contributed by atoms with E-state index >= 15 is 0 Å². The standard InChI is InChI=1S/C24H21N3O/c1-14-5-7-21(26-13-14)23-19-12-20-18-11-16(28-4)6-8-22(18)27(3)24(20)15(2)17(19)9-10-25-23/h5-13H,1-4H3. The third kappa shape index (κ3) is 2.31. The van der Waals surface area contributed by atoms with E-state index in [4.69, 9.17) is 4.74 Å². The molecule has 0 fully saturated rings. The van der Waals surface area contributed by atoms with Crippen LogP contribution in [-0.2, 0) is 7.05 Å². The van der Waals surface area contributed by atoms with Gasteiger partial charge in [0.25, 0.3) is 0 Å². The molecule has 138 valence electrons. The van der Waals surface area contributed by atoms with Gasteiger partial charge in [-0.15, -0.1) is 0 Å². The number of methoxy groups -OCH3 is 1. The van der Waals surface area contributed by atoms with Gasteiger partial charge in [0.05, 0.1) is 24.0 Å². The van der Waals surface area contributed by atoms with Crippen molar-refractivity contribution in [2.45, 2.75) is 13.8 Å². The van der Waals surface area contributed by atoms with Crippen LogP contribution < -0.4 is 4.74 Å². The molecule has 5 aromatic rings. The average molecular weight is 367 g/mol. The number of aryl methyl sites for hydroxylation is 3. The van der Waals surface area contributed by atoms with E-state index in [0.717, 1.165) is 28.1 Å². The topological polar surface area (TPSA) is 39.9 Å². The fourth-order valence-electron chi connectivity index (χ4n) is 4.21. The molecule has 0 saturated carbocycles. The molecule has 0 aliphatic rings. The number of hydrogen-bond donors (Lipinski definition) is 0. The highest BCUT2D eigenvalue weighted by molar-refractivity contribution is 6.16. The lowest BCUT2D eigenvalue weighted by Crippen LogP contribution is -1.94. The van der Waals surface area contributed by atoms with E-state index in [-0.39, 0.29) is 0 Å². The molecule has 28 heavy (non-hydrogen) atoms. The Morgan fingerprint density at radius 2 is 1.71 bits per heavy atom. The first-order chi connectivity index (χ1) is 13.6. The Balaban J connectivity index is 1.93. The number of fused-ring (bicyclic) bond motifs is 4. The predicted octanol–water partition coefficient (Wildman–Crippen LogP) is 5.57. The number of pyridine rings is 2. The van der Waals surface area contributed by atoms with Crippen LogP contribution in [0, 0.1) is 13.8 Å². The van der Waals surface area contributed by atoms with Crippen molar-refractivity contribution in [3.63, 3.8) is 0 Å². The molecule has 3 aromatic heterocycles. The molecule has 0 spiro atoms. The van der Waals surface area contributed by atoms with Crippen LogP contribution in [0.3, 0.4) is 0 Å². The number of hydrogen-bond acceptors (Lipinski definition) is 3. The smallest absolute Gasteiger partial charge is 0.119 e. The zero-order valence-electron chi connectivity index (χ0n) is 16.4. The number of ether oxygens (including phenoxy) is 1. The Morgan fingerprint density at radius 1 is 0.857 bits per heavy atom. The van der Waals surface area contributed by atoms with Gasteiger partial charge in [-0.3, -0.25) is 9.97 Å². The minimum Gasteiger partial charge on any atom is -0.497 e. The zero-order chi connectivity index (χ0) is 19.4. The first-order valence-electron chi connectivity index (χ1n) is 9.36. The first kappa shape index (κ1) is 16.8. The summed E-state index contributed by atoms with van der Waals surface area (Å²) in [5.74, 6) is 0.865. The van der Waals surface area contributed by atoms with Crippen LogP contribution in [-0.4, -0.2) is 21.6 Å². The molecule has 0 N–H and O–H groups in total. The van der Waals surface area contributed by atoms with Gasteiger partial charge in [-0.25, -0.2) is 0 Å². The lowest BCUT2D eigenvalue weighted by Gasteiger charge is -2.10. The fourth-order valence-corrected chi connectivity index (χ4v) is 4.21. The molecule has 5 rings (SSSR count). The maximum Gasteiger partial charge on any atom is 0.119 e. The van der Waals surface area contributed by atoms with Crippen molar-refractivity contribution in [3.8, 4) is 17.1 Å². The molecular formula is C24H21N3O. The molecule has 0 atom stereocenters. The van der Waals surface area contributed by atoms with E-state index in [2.05, 4.69) is 58.8 Å². The fraction of sp³-hybridized carbons (Fsp3) is 0.167. The van der Waals surface area contributed by atoms with E-state index in [1.807, 2.05) is 31.5 Å². The van der Waals surface area contributed by atoms with E-state index in [1.165, 1.54) is 32.8 Å². The molecule has 3 heterocycles. The summed E-state index contributed by atoms with van der Waals surface area (Å²) in [7, 11) is 3.83. The SMILES string of the molecule is COc1ccc2c(c1)c1cc3c(-c4ccc(C)cn4)nccc3c(C)c1n2C. The van der Waals surface area contributed by atoms with Crippen LogP contribution in [0.15, 0.2) is 54.9 Å². The van der Waals surface area contributed by atoms with Crippen molar-refractivity contribution in [2.24, 2.45) is 7.05 Å². The molecule has 0 radical (unpaired) electrons. The van der Waals surface area contributed by atoms with Gasteiger partial charge in [0.1, 0.15) is 5.75 Å². The summed E-state index contributed by atoms with van der Waals surface area (Å²) >= 11 is 0. The Kier molecular flexibility index (Phi) is 3.63. The minimum absolute atomic E-state index is 0.865. The van der Waals surface area contributed by atoms with Crippen molar-refractivity contribution in [3.05, 3.63) is 66.0 Å². The Morgan fingerprint density at radius 3 is 2.46 bits per heavy atom. The minimum atomic E-state index is 0.865. The lowest BCUT2D eigenvalue weighted by molar-refractivity contribution is 0.415. The molecule has 0 amide bonds. The van der Waals surface area contributed by atoms with Gasteiger partial charge in [-0.1, -0.05) is 6.07 Å². The molecule has 4 heteroatoms. The van der Waals surface area contributed by atoms with Crippen molar-refractivity contribution in [2.75, 3.05) is 7.11 Å². The van der Waals surface area contributed by atoms with E-state index in [1.54, 1.807) is 7.11 Å². The Bertz CT molecular complexity index is 1360. The number of benzene rings is 2. The third-order valence-electron chi connectivity index (χ3n) is 5.64. The largest absolute Gasteiger partial charge is 0.497 e. The van der Waals surface area contributed by atoms with E-state index < -0.39 is 0 Å². The van der Waals surface area contributed by atoms with Crippen LogP contribution >= 0.6 is 0 Å². The third-order valence-corrected chi connectivity index (χ3v) is 5.64. The summed E-state index contributed by atoms with van der Waals surface area (Å²) in [5.41, 5.74) is 6.64. The molecule has 0 aliphatic carbocycles. The van der Waals surface area contributed by atoms with E-state index in [0.29, 0.717) is 0 Å². The summed E-state index contributed by atoms with van der Waals surface area (Å²) in [5, 5.41) is 4.73. The van der Waals surface area contributed by atoms with Gasteiger partial charge in [0.2, 0.25) is 0 Å². The molecule has 0 aliphatic heterocycles. The van der Waals surface area contributed by atoms with Gasteiger partial charge < -0.3 is 9.30 Å². The Hall–Kier alpha value is -3.40. The summed E-state index contributed by atoms with van der Waals surface area (Å²) in [6.45, 7) is 4.23. The van der Waals surface area contributed by atoms with Crippen LogP contribution in [0.25, 0.3) is 44.0 Å². The molecular weight excluding hydrogens is 346 g/mol. The van der Waals surface area contributed by atoms with Crippen LogP contribution in [0.5, 0.6) is 5.75 Å². The van der Waals surface area contributed by atoms with Crippen LogP contribution in [0.2, 0.25) is 0 Å². The Labute approximate surface area is 163 Å². The molecule has 0 unspecified atom stereocenters. The maximum absolute atomic E-state index is 5.47. The second kappa shape index (κ2) is 6.06. The molecule has 4 nitrogen and oxygen atoms in total. The molecule has 2 aromatic carbocycles. The summed E-state index contributed by atoms with van der Waals surface area (Å²) in [6.07, 6.45) is 3.77. The first-order valence-corrected chi connectivity index (χ1v) is 9.36. The monoisotopic (exact) mass is 367 g/mol. The van der Waals surface area contributed by atoms with Gasteiger partial charge in [0, 0.05) is 41.1 Å². The highest BCUT2D eigenvalue weighted by Gasteiger charge is 2.16. The van der Waals surface area contributed by atoms with Gasteiger partial charge in [0.15, 0.2) is 0 Å². The summed E-state index contributed by atoms with van der Waals surface area (Å²) < 4.78 is 7.74. The highest BCUT2D eigenvalue weighted by Crippen LogP contribution is 2.38. The van der Waals surface area contributed by atoms with Gasteiger partial charge in [-0.05, 0) is 66.8 Å². The predicted molar refractivity (Wildman–Crippen MR) is 115 cm³/mol. The van der Waals surface area contributed by atoms with E-state index in [9.17, 15) is 0 Å². The van der Waals surface area contributed by atoms with Gasteiger partial charge in [-0.2, -0.15) is 0 Å². The lowest BCUT2D eigenvalue weighted by atomic mass is 9.99. The maximum atomic E-state index is 5.47. The van der Waals surface area contributed by atoms with Crippen molar-refractivity contribution in [1.29, 1.82) is 0 Å². The average Bonchev–Trinajstić information content (AvgIpc) is 3.00. The quantitative estimate of drug-likeness (QED) is 0.410. The summed E-state index contributed by atoms with van der Waals surface area (Å²) in [4.78, 5) is 9.30. The summed E-state index contributed by atoms with van der Waals surface area (Å²) in [6, 6.07) is 14.7. The molecule has 0 bridgehead atoms. The number of aromatic nitrogens is 3. The van der Waals surface area contributed by atoms with Crippen LogP contribution in [0.1, 0.15) is 11.1 Å². The number of nitrogens with zero attached hydrogens (tertiary/aromatic N) is 3. The highest BCUT2D eigenvalue weighted by atomic mass is 16.5. The van der Waals surface area contributed by atoms with Crippen molar-refractivity contribution < 1.29 is 4.74 Å².